The predicted octanol–water partition coefficient (Wildman–Crippen LogP) is 2.11. The first-order valence-corrected chi connectivity index (χ1v) is 9.26. The lowest BCUT2D eigenvalue weighted by Crippen LogP contribution is -2.34. The van der Waals surface area contributed by atoms with Crippen molar-refractivity contribution in [1.29, 1.82) is 0 Å². The SMILES string of the molecule is COc1cc([C@@H]2c3cc4c(cc3[C@@H](O)[C@H]3COC(=O)[C@@H]23)OCO4)cc(OC)c1O. The Hall–Kier alpha value is -3.13. The number of carbonyl (C=O) groups excluding carboxylic acids is 1. The fourth-order valence-electron chi connectivity index (χ4n) is 4.63. The van der Waals surface area contributed by atoms with E-state index in [2.05, 4.69) is 0 Å². The molecule has 0 aromatic heterocycles. The monoisotopic (exact) mass is 400 g/mol. The predicted molar refractivity (Wildman–Crippen MR) is 98.5 cm³/mol. The first-order valence-electron chi connectivity index (χ1n) is 9.26. The molecule has 8 heteroatoms. The minimum atomic E-state index is -0.867. The van der Waals surface area contributed by atoms with Gasteiger partial charge in [0.25, 0.3) is 0 Å². The zero-order valence-electron chi connectivity index (χ0n) is 15.9. The lowest BCUT2D eigenvalue weighted by atomic mass is 9.66. The molecule has 1 fully saturated rings. The molecule has 1 saturated heterocycles. The third kappa shape index (κ3) is 2.52. The molecule has 152 valence electrons. The van der Waals surface area contributed by atoms with Gasteiger partial charge in [-0.3, -0.25) is 4.79 Å². The molecule has 0 bridgehead atoms. The standard InChI is InChI=1S/C21H20O8/c1-25-15-3-9(4-16(26-2)20(15)23)17-10-5-13-14(29-8-28-13)6-11(10)19(22)12-7-27-21(24)18(12)17/h3-6,12,17-19,22-23H,7-8H2,1-2H3/t12-,17+,18+,19+/m0/s1. The van der Waals surface area contributed by atoms with Gasteiger partial charge in [-0.2, -0.15) is 0 Å². The van der Waals surface area contributed by atoms with Crippen LogP contribution in [-0.4, -0.2) is 43.8 Å². The molecule has 5 rings (SSSR count). The fourth-order valence-corrected chi connectivity index (χ4v) is 4.63. The minimum Gasteiger partial charge on any atom is -0.502 e. The maximum absolute atomic E-state index is 12.7. The van der Waals surface area contributed by atoms with Gasteiger partial charge in [0, 0.05) is 11.8 Å². The van der Waals surface area contributed by atoms with Gasteiger partial charge in [0.1, 0.15) is 0 Å². The highest BCUT2D eigenvalue weighted by Gasteiger charge is 2.52. The van der Waals surface area contributed by atoms with Crippen LogP contribution < -0.4 is 18.9 Å². The van der Waals surface area contributed by atoms with Crippen molar-refractivity contribution in [1.82, 2.24) is 0 Å². The van der Waals surface area contributed by atoms with Gasteiger partial charge < -0.3 is 33.9 Å². The van der Waals surface area contributed by atoms with Gasteiger partial charge in [0.2, 0.25) is 12.5 Å². The first kappa shape index (κ1) is 17.9. The Morgan fingerprint density at radius 2 is 1.59 bits per heavy atom. The molecule has 0 unspecified atom stereocenters. The van der Waals surface area contributed by atoms with Crippen LogP contribution >= 0.6 is 0 Å². The van der Waals surface area contributed by atoms with E-state index in [0.717, 1.165) is 5.56 Å². The number of carbonyl (C=O) groups is 1. The van der Waals surface area contributed by atoms with E-state index < -0.39 is 23.9 Å². The van der Waals surface area contributed by atoms with Crippen molar-refractivity contribution in [3.63, 3.8) is 0 Å². The summed E-state index contributed by atoms with van der Waals surface area (Å²) in [4.78, 5) is 12.7. The summed E-state index contributed by atoms with van der Waals surface area (Å²) in [6, 6.07) is 6.93. The van der Waals surface area contributed by atoms with Crippen LogP contribution in [0, 0.1) is 11.8 Å². The van der Waals surface area contributed by atoms with Crippen molar-refractivity contribution in [2.24, 2.45) is 11.8 Å². The van der Waals surface area contributed by atoms with Crippen LogP contribution in [0.25, 0.3) is 0 Å². The lowest BCUT2D eigenvalue weighted by molar-refractivity contribution is -0.141. The van der Waals surface area contributed by atoms with Gasteiger partial charge in [0.15, 0.2) is 23.0 Å². The highest BCUT2D eigenvalue weighted by Crippen LogP contribution is 2.55. The number of hydrogen-bond acceptors (Lipinski definition) is 8. The summed E-state index contributed by atoms with van der Waals surface area (Å²) in [6.07, 6.45) is -0.867. The highest BCUT2D eigenvalue weighted by atomic mass is 16.7. The van der Waals surface area contributed by atoms with Crippen molar-refractivity contribution in [2.75, 3.05) is 27.6 Å². The number of cyclic esters (lactones) is 1. The molecule has 2 aromatic rings. The van der Waals surface area contributed by atoms with Crippen LogP contribution in [0.5, 0.6) is 28.7 Å². The molecule has 3 aliphatic rings. The second kappa shape index (κ2) is 6.45. The molecular formula is C21H20O8. The number of aromatic hydroxyl groups is 1. The van der Waals surface area contributed by atoms with Crippen molar-refractivity contribution >= 4 is 5.97 Å². The van der Waals surface area contributed by atoms with Gasteiger partial charge in [-0.1, -0.05) is 0 Å². The molecule has 4 atom stereocenters. The number of esters is 1. The van der Waals surface area contributed by atoms with Crippen LogP contribution in [0.1, 0.15) is 28.7 Å². The molecule has 2 N–H and O–H groups in total. The average molecular weight is 400 g/mol. The molecule has 29 heavy (non-hydrogen) atoms. The Balaban J connectivity index is 1.75. The fraction of sp³-hybridized carbons (Fsp3) is 0.381. The van der Waals surface area contributed by atoms with E-state index in [9.17, 15) is 15.0 Å². The number of benzene rings is 2. The number of aliphatic hydroxyl groups excluding tert-OH is 1. The Labute approximate surface area is 166 Å². The van der Waals surface area contributed by atoms with E-state index in [1.807, 2.05) is 0 Å². The summed E-state index contributed by atoms with van der Waals surface area (Å²) in [7, 11) is 2.89. The molecule has 1 aliphatic carbocycles. The van der Waals surface area contributed by atoms with E-state index in [-0.39, 0.29) is 36.6 Å². The molecule has 2 heterocycles. The quantitative estimate of drug-likeness (QED) is 0.755. The smallest absolute Gasteiger partial charge is 0.310 e. The molecule has 0 saturated carbocycles. The zero-order valence-corrected chi connectivity index (χ0v) is 15.9. The Kier molecular flexibility index (Phi) is 3.99. The second-order valence-corrected chi connectivity index (χ2v) is 7.35. The van der Waals surface area contributed by atoms with E-state index in [1.165, 1.54) is 14.2 Å². The lowest BCUT2D eigenvalue weighted by Gasteiger charge is -2.37. The number of hydrogen-bond donors (Lipinski definition) is 2. The van der Waals surface area contributed by atoms with Crippen LogP contribution in [0.15, 0.2) is 24.3 Å². The number of phenols is 1. The number of phenolic OH excluding ortho intramolecular Hbond substituents is 1. The molecule has 0 radical (unpaired) electrons. The van der Waals surface area contributed by atoms with E-state index >= 15 is 0 Å². The molecule has 2 aliphatic heterocycles. The van der Waals surface area contributed by atoms with Crippen LogP contribution in [0.4, 0.5) is 0 Å². The number of aliphatic hydroxyl groups is 1. The van der Waals surface area contributed by atoms with Crippen molar-refractivity contribution < 1.29 is 38.7 Å². The van der Waals surface area contributed by atoms with Crippen molar-refractivity contribution in [3.8, 4) is 28.7 Å². The van der Waals surface area contributed by atoms with Crippen molar-refractivity contribution in [3.05, 3.63) is 41.0 Å². The summed E-state index contributed by atoms with van der Waals surface area (Å²) in [6.45, 7) is 0.246. The summed E-state index contributed by atoms with van der Waals surface area (Å²) >= 11 is 0. The Morgan fingerprint density at radius 1 is 0.966 bits per heavy atom. The summed E-state index contributed by atoms with van der Waals surface area (Å²) in [5.41, 5.74) is 2.12. The minimum absolute atomic E-state index is 0.106. The average Bonchev–Trinajstić information content (AvgIpc) is 3.34. The Morgan fingerprint density at radius 3 is 2.21 bits per heavy atom. The number of ether oxygens (including phenoxy) is 5. The largest absolute Gasteiger partial charge is 0.502 e. The van der Waals surface area contributed by atoms with Gasteiger partial charge in [0.05, 0.1) is 32.8 Å². The maximum atomic E-state index is 12.7. The number of rotatable bonds is 3. The van der Waals surface area contributed by atoms with Crippen LogP contribution in [0.2, 0.25) is 0 Å². The van der Waals surface area contributed by atoms with Crippen molar-refractivity contribution in [2.45, 2.75) is 12.0 Å². The van der Waals surface area contributed by atoms with E-state index in [0.29, 0.717) is 22.6 Å². The van der Waals surface area contributed by atoms with Gasteiger partial charge in [-0.25, -0.2) is 0 Å². The molecule has 0 spiro atoms. The van der Waals surface area contributed by atoms with Gasteiger partial charge in [-0.05, 0) is 41.0 Å². The summed E-state index contributed by atoms with van der Waals surface area (Å²) in [5.74, 6) is -0.324. The second-order valence-electron chi connectivity index (χ2n) is 7.35. The summed E-state index contributed by atoms with van der Waals surface area (Å²) in [5, 5.41) is 21.3. The van der Waals surface area contributed by atoms with Crippen LogP contribution in [0.3, 0.4) is 0 Å². The normalized spacial score (nSPS) is 26.5. The Bertz CT molecular complexity index is 975. The number of fused-ring (bicyclic) bond motifs is 3. The van der Waals surface area contributed by atoms with Gasteiger partial charge in [-0.15, -0.1) is 0 Å². The summed E-state index contributed by atoms with van der Waals surface area (Å²) < 4.78 is 26.9. The molecular weight excluding hydrogens is 380 g/mol. The van der Waals surface area contributed by atoms with Crippen LogP contribution in [-0.2, 0) is 9.53 Å². The van der Waals surface area contributed by atoms with E-state index in [1.54, 1.807) is 24.3 Å². The first-order chi connectivity index (χ1) is 14.0. The third-order valence-electron chi connectivity index (χ3n) is 6.01. The highest BCUT2D eigenvalue weighted by molar-refractivity contribution is 5.79. The molecule has 0 amide bonds. The third-order valence-corrected chi connectivity index (χ3v) is 6.01. The number of methoxy groups -OCH3 is 2. The zero-order chi connectivity index (χ0) is 20.3. The van der Waals surface area contributed by atoms with Gasteiger partial charge >= 0.3 is 5.97 Å². The van der Waals surface area contributed by atoms with E-state index in [4.69, 9.17) is 23.7 Å². The topological polar surface area (TPSA) is 104 Å². The molecule has 8 nitrogen and oxygen atoms in total. The maximum Gasteiger partial charge on any atom is 0.310 e. The molecule has 2 aromatic carbocycles.